The fourth-order valence-corrected chi connectivity index (χ4v) is 3.43. The summed E-state index contributed by atoms with van der Waals surface area (Å²) in [6.45, 7) is 2.54. The summed E-state index contributed by atoms with van der Waals surface area (Å²) in [7, 11) is 5.11. The number of nitrogens with zero attached hydrogens (tertiary/aromatic N) is 1. The van der Waals surface area contributed by atoms with Gasteiger partial charge in [0.1, 0.15) is 16.0 Å². The van der Waals surface area contributed by atoms with Crippen LogP contribution in [0.4, 0.5) is 0 Å². The number of carbonyl (C=O) groups is 1. The van der Waals surface area contributed by atoms with E-state index >= 15 is 0 Å². The van der Waals surface area contributed by atoms with E-state index in [4.69, 9.17) is 9.47 Å². The van der Waals surface area contributed by atoms with Gasteiger partial charge in [0.2, 0.25) is 0 Å². The molecule has 1 fully saturated rings. The van der Waals surface area contributed by atoms with E-state index in [1.165, 1.54) is 0 Å². The summed E-state index contributed by atoms with van der Waals surface area (Å²) in [6, 6.07) is 3.52. The van der Waals surface area contributed by atoms with Gasteiger partial charge in [0.05, 0.1) is 14.2 Å². The average Bonchev–Trinajstić information content (AvgIpc) is 2.55. The number of likely N-dealkylation sites (tertiary alicyclic amines) is 1. The normalized spacial score (nSPS) is 18.2. The number of ether oxygens (including phenoxy) is 2. The Balaban J connectivity index is 2.21. The van der Waals surface area contributed by atoms with Crippen molar-refractivity contribution in [1.29, 1.82) is 0 Å². The van der Waals surface area contributed by atoms with Crippen molar-refractivity contribution in [3.05, 3.63) is 22.2 Å². The first-order chi connectivity index (χ1) is 10.6. The number of carbonyl (C=O) groups excluding carboxylic acids is 1. The van der Waals surface area contributed by atoms with E-state index in [1.54, 1.807) is 26.4 Å². The molecule has 1 unspecified atom stereocenters. The second-order valence-electron chi connectivity index (χ2n) is 5.51. The molecule has 1 amide bonds. The second kappa shape index (κ2) is 7.83. The molecule has 1 atom stereocenters. The van der Waals surface area contributed by atoms with Crippen LogP contribution in [0, 0.1) is 5.92 Å². The molecule has 1 aromatic carbocycles. The van der Waals surface area contributed by atoms with Crippen LogP contribution in [0.5, 0.6) is 11.5 Å². The van der Waals surface area contributed by atoms with Crippen LogP contribution in [0.1, 0.15) is 23.2 Å². The predicted octanol–water partition coefficient (Wildman–Crippen LogP) is 2.54. The lowest BCUT2D eigenvalue weighted by Gasteiger charge is -2.33. The van der Waals surface area contributed by atoms with Gasteiger partial charge in [-0.3, -0.25) is 4.79 Å². The van der Waals surface area contributed by atoms with Gasteiger partial charge < -0.3 is 19.7 Å². The van der Waals surface area contributed by atoms with Crippen LogP contribution in [0.2, 0.25) is 0 Å². The maximum Gasteiger partial charge on any atom is 0.254 e. The fraction of sp³-hybridized carbons (Fsp3) is 0.562. The first-order valence-corrected chi connectivity index (χ1v) is 8.25. The highest BCUT2D eigenvalue weighted by Crippen LogP contribution is 2.36. The monoisotopic (exact) mass is 370 g/mol. The molecule has 2 rings (SSSR count). The third-order valence-corrected chi connectivity index (χ3v) is 4.77. The first kappa shape index (κ1) is 17.1. The number of hydrogen-bond acceptors (Lipinski definition) is 4. The van der Waals surface area contributed by atoms with Crippen LogP contribution in [0.25, 0.3) is 0 Å². The standard InChI is InChI=1S/C16H23BrN2O3/c1-18-9-11-5-4-6-19(10-11)16(20)12-7-13(21-2)15(17)14(8-12)22-3/h7-8,11,18H,4-6,9-10H2,1-3H3. The second-order valence-corrected chi connectivity index (χ2v) is 6.30. The average molecular weight is 371 g/mol. The maximum absolute atomic E-state index is 12.8. The third-order valence-electron chi connectivity index (χ3n) is 3.99. The maximum atomic E-state index is 12.8. The van der Waals surface area contributed by atoms with Gasteiger partial charge >= 0.3 is 0 Å². The molecule has 1 saturated heterocycles. The smallest absolute Gasteiger partial charge is 0.254 e. The van der Waals surface area contributed by atoms with E-state index in [1.807, 2.05) is 11.9 Å². The Labute approximate surface area is 140 Å². The molecule has 0 aliphatic carbocycles. The van der Waals surface area contributed by atoms with Crippen molar-refractivity contribution in [2.75, 3.05) is 40.9 Å². The number of methoxy groups -OCH3 is 2. The van der Waals surface area contributed by atoms with Crippen molar-refractivity contribution in [1.82, 2.24) is 10.2 Å². The molecule has 0 spiro atoms. The largest absolute Gasteiger partial charge is 0.495 e. The SMILES string of the molecule is CNCC1CCCN(C(=O)c2cc(OC)c(Br)c(OC)c2)C1. The Kier molecular flexibility index (Phi) is 6.08. The van der Waals surface area contributed by atoms with Crippen LogP contribution in [0.15, 0.2) is 16.6 Å². The van der Waals surface area contributed by atoms with Crippen molar-refractivity contribution < 1.29 is 14.3 Å². The molecule has 0 saturated carbocycles. The molecule has 1 aliphatic rings. The van der Waals surface area contributed by atoms with E-state index in [9.17, 15) is 4.79 Å². The van der Waals surface area contributed by atoms with Crippen LogP contribution in [-0.2, 0) is 0 Å². The molecule has 5 nitrogen and oxygen atoms in total. The molecular formula is C16H23BrN2O3. The van der Waals surface area contributed by atoms with Gasteiger partial charge in [-0.25, -0.2) is 0 Å². The Morgan fingerprint density at radius 3 is 2.55 bits per heavy atom. The molecule has 1 aliphatic heterocycles. The van der Waals surface area contributed by atoms with Gasteiger partial charge in [0.15, 0.2) is 0 Å². The van der Waals surface area contributed by atoms with Gasteiger partial charge in [-0.15, -0.1) is 0 Å². The van der Waals surface area contributed by atoms with Crippen molar-refractivity contribution >= 4 is 21.8 Å². The Hall–Kier alpha value is -1.27. The lowest BCUT2D eigenvalue weighted by atomic mass is 9.97. The highest BCUT2D eigenvalue weighted by Gasteiger charge is 2.25. The van der Waals surface area contributed by atoms with Crippen molar-refractivity contribution in [3.63, 3.8) is 0 Å². The number of nitrogens with one attached hydrogen (secondary N) is 1. The highest BCUT2D eigenvalue weighted by molar-refractivity contribution is 9.10. The number of benzene rings is 1. The third kappa shape index (κ3) is 3.73. The first-order valence-electron chi connectivity index (χ1n) is 7.46. The minimum absolute atomic E-state index is 0.0323. The molecule has 6 heteroatoms. The Morgan fingerprint density at radius 2 is 2.00 bits per heavy atom. The molecule has 0 radical (unpaired) electrons. The minimum Gasteiger partial charge on any atom is -0.495 e. The van der Waals surface area contributed by atoms with Crippen LogP contribution < -0.4 is 14.8 Å². The van der Waals surface area contributed by atoms with Crippen LogP contribution >= 0.6 is 15.9 Å². The zero-order valence-electron chi connectivity index (χ0n) is 13.3. The number of rotatable bonds is 5. The van der Waals surface area contributed by atoms with Crippen LogP contribution in [-0.4, -0.2) is 51.7 Å². The fourth-order valence-electron chi connectivity index (χ4n) is 2.88. The van der Waals surface area contributed by atoms with Gasteiger partial charge in [-0.2, -0.15) is 0 Å². The number of piperidine rings is 1. The molecule has 122 valence electrons. The van der Waals surface area contributed by atoms with Gasteiger partial charge in [0, 0.05) is 18.7 Å². The summed E-state index contributed by atoms with van der Waals surface area (Å²) in [4.78, 5) is 14.7. The van der Waals surface area contributed by atoms with Crippen molar-refractivity contribution in [3.8, 4) is 11.5 Å². The van der Waals surface area contributed by atoms with Crippen molar-refractivity contribution in [2.45, 2.75) is 12.8 Å². The van der Waals surface area contributed by atoms with E-state index in [0.717, 1.165) is 36.9 Å². The van der Waals surface area contributed by atoms with Crippen molar-refractivity contribution in [2.24, 2.45) is 5.92 Å². The minimum atomic E-state index is 0.0323. The van der Waals surface area contributed by atoms with E-state index in [0.29, 0.717) is 23.0 Å². The van der Waals surface area contributed by atoms with E-state index in [2.05, 4.69) is 21.2 Å². The zero-order chi connectivity index (χ0) is 16.1. The van der Waals surface area contributed by atoms with Gasteiger partial charge in [0.25, 0.3) is 5.91 Å². The molecule has 1 heterocycles. The molecule has 22 heavy (non-hydrogen) atoms. The summed E-state index contributed by atoms with van der Waals surface area (Å²) in [5.41, 5.74) is 0.599. The molecular weight excluding hydrogens is 348 g/mol. The summed E-state index contributed by atoms with van der Waals surface area (Å²) in [5.74, 6) is 1.75. The Bertz CT molecular complexity index is 509. The summed E-state index contributed by atoms with van der Waals surface area (Å²) >= 11 is 3.43. The lowest BCUT2D eigenvalue weighted by molar-refractivity contribution is 0.0673. The van der Waals surface area contributed by atoms with Gasteiger partial charge in [-0.1, -0.05) is 0 Å². The summed E-state index contributed by atoms with van der Waals surface area (Å²) in [5, 5.41) is 3.20. The lowest BCUT2D eigenvalue weighted by Crippen LogP contribution is -2.42. The molecule has 1 aromatic rings. The summed E-state index contributed by atoms with van der Waals surface area (Å²) < 4.78 is 11.4. The molecule has 0 bridgehead atoms. The zero-order valence-corrected chi connectivity index (χ0v) is 14.9. The summed E-state index contributed by atoms with van der Waals surface area (Å²) in [6.07, 6.45) is 2.21. The Morgan fingerprint density at radius 1 is 1.36 bits per heavy atom. The number of amides is 1. The number of halogens is 1. The highest BCUT2D eigenvalue weighted by atomic mass is 79.9. The molecule has 0 aromatic heterocycles. The van der Waals surface area contributed by atoms with Gasteiger partial charge in [-0.05, 0) is 60.4 Å². The molecule has 1 N–H and O–H groups in total. The number of hydrogen-bond donors (Lipinski definition) is 1. The van der Waals surface area contributed by atoms with E-state index < -0.39 is 0 Å². The van der Waals surface area contributed by atoms with Crippen LogP contribution in [0.3, 0.4) is 0 Å². The quantitative estimate of drug-likeness (QED) is 0.865. The predicted molar refractivity (Wildman–Crippen MR) is 89.8 cm³/mol. The topological polar surface area (TPSA) is 50.8 Å². The van der Waals surface area contributed by atoms with E-state index in [-0.39, 0.29) is 5.91 Å².